The fraction of sp³-hybridized carbons (Fsp3) is 0.533. The highest BCUT2D eigenvalue weighted by Gasteiger charge is 2.22. The van der Waals surface area contributed by atoms with Gasteiger partial charge in [-0.15, -0.1) is 0 Å². The molecular weight excluding hydrogens is 364 g/mol. The Balaban J connectivity index is 1.87. The van der Waals surface area contributed by atoms with E-state index in [0.717, 1.165) is 4.31 Å². The van der Waals surface area contributed by atoms with Crippen LogP contribution >= 0.6 is 11.8 Å². The van der Waals surface area contributed by atoms with E-state index in [0.29, 0.717) is 31.2 Å². The van der Waals surface area contributed by atoms with E-state index in [9.17, 15) is 18.0 Å². The van der Waals surface area contributed by atoms with E-state index >= 15 is 0 Å². The van der Waals surface area contributed by atoms with Crippen LogP contribution in [0.2, 0.25) is 0 Å². The molecule has 1 aliphatic rings. The fourth-order valence-electron chi connectivity index (χ4n) is 2.31. The number of sulfonamides is 1. The zero-order valence-electron chi connectivity index (χ0n) is 14.5. The Bertz CT molecular complexity index is 726. The third-order valence-corrected chi connectivity index (χ3v) is 6.64. The summed E-state index contributed by atoms with van der Waals surface area (Å²) >= 11 is 1.27. The molecule has 0 aromatic carbocycles. The highest BCUT2D eigenvalue weighted by atomic mass is 32.2. The van der Waals surface area contributed by atoms with Crippen molar-refractivity contribution in [2.45, 2.75) is 16.8 Å². The van der Waals surface area contributed by atoms with Crippen molar-refractivity contribution in [2.75, 3.05) is 46.0 Å². The zero-order valence-corrected chi connectivity index (χ0v) is 16.1. The molecular formula is C15H22N4O4S2. The van der Waals surface area contributed by atoms with E-state index in [1.165, 1.54) is 45.0 Å². The number of hydrogen-bond donors (Lipinski definition) is 0. The first-order valence-electron chi connectivity index (χ1n) is 7.76. The van der Waals surface area contributed by atoms with Gasteiger partial charge in [0.2, 0.25) is 21.8 Å². The summed E-state index contributed by atoms with van der Waals surface area (Å²) in [5.74, 6) is 0.241. The predicted molar refractivity (Wildman–Crippen MR) is 94.7 cm³/mol. The molecule has 25 heavy (non-hydrogen) atoms. The summed E-state index contributed by atoms with van der Waals surface area (Å²) in [6.45, 7) is 3.71. The van der Waals surface area contributed by atoms with Crippen LogP contribution in [0.25, 0.3) is 0 Å². The van der Waals surface area contributed by atoms with Crippen LogP contribution in [-0.2, 0) is 19.6 Å². The maximum absolute atomic E-state index is 12.2. The second-order valence-corrected chi connectivity index (χ2v) is 8.94. The molecule has 8 nitrogen and oxygen atoms in total. The van der Waals surface area contributed by atoms with Crippen molar-refractivity contribution < 1.29 is 18.0 Å². The standard InChI is InChI=1S/C15H22N4O4S2/c1-12(20)18-6-8-19(9-7-18)15(21)11-24-14-5-4-13(10-16-14)25(22,23)17(2)3/h4-5,10H,6-9,11H2,1-3H3. The van der Waals surface area contributed by atoms with Gasteiger partial charge in [-0.1, -0.05) is 11.8 Å². The lowest BCUT2D eigenvalue weighted by molar-refractivity contribution is -0.136. The van der Waals surface area contributed by atoms with Crippen LogP contribution in [-0.4, -0.2) is 85.3 Å². The molecule has 0 N–H and O–H groups in total. The minimum atomic E-state index is -3.50. The summed E-state index contributed by atoms with van der Waals surface area (Å²) < 4.78 is 25.1. The van der Waals surface area contributed by atoms with E-state index in [-0.39, 0.29) is 22.5 Å². The minimum absolute atomic E-state index is 0.0139. The predicted octanol–water partition coefficient (Wildman–Crippen LogP) is 0.115. The second kappa shape index (κ2) is 8.15. The number of rotatable bonds is 5. The molecule has 1 saturated heterocycles. The molecule has 138 valence electrons. The molecule has 1 aliphatic heterocycles. The van der Waals surface area contributed by atoms with E-state index in [1.807, 2.05) is 0 Å². The van der Waals surface area contributed by atoms with Crippen molar-refractivity contribution in [3.8, 4) is 0 Å². The Hall–Kier alpha value is -1.65. The molecule has 10 heteroatoms. The molecule has 0 spiro atoms. The third kappa shape index (κ3) is 4.93. The molecule has 0 saturated carbocycles. The SMILES string of the molecule is CC(=O)N1CCN(C(=O)CSc2ccc(S(=O)(=O)N(C)C)cn2)CC1. The van der Waals surface area contributed by atoms with Gasteiger partial charge < -0.3 is 9.80 Å². The second-order valence-electron chi connectivity index (χ2n) is 5.80. The van der Waals surface area contributed by atoms with Gasteiger partial charge in [0.05, 0.1) is 10.8 Å². The van der Waals surface area contributed by atoms with Gasteiger partial charge in [-0.2, -0.15) is 0 Å². The van der Waals surface area contributed by atoms with Crippen LogP contribution in [0.5, 0.6) is 0 Å². The van der Waals surface area contributed by atoms with Crippen LogP contribution in [0.1, 0.15) is 6.92 Å². The van der Waals surface area contributed by atoms with Crippen molar-refractivity contribution in [2.24, 2.45) is 0 Å². The molecule has 2 amide bonds. The van der Waals surface area contributed by atoms with E-state index in [1.54, 1.807) is 15.9 Å². The van der Waals surface area contributed by atoms with Gasteiger partial charge in [-0.3, -0.25) is 9.59 Å². The van der Waals surface area contributed by atoms with Crippen LogP contribution in [0.4, 0.5) is 0 Å². The first-order chi connectivity index (χ1) is 11.7. The van der Waals surface area contributed by atoms with Gasteiger partial charge in [0.1, 0.15) is 4.90 Å². The van der Waals surface area contributed by atoms with Crippen LogP contribution in [0, 0.1) is 0 Å². The molecule has 1 aromatic heterocycles. The first kappa shape index (κ1) is 19.7. The lowest BCUT2D eigenvalue weighted by Gasteiger charge is -2.34. The molecule has 1 aromatic rings. The summed E-state index contributed by atoms with van der Waals surface area (Å²) in [5.41, 5.74) is 0. The zero-order chi connectivity index (χ0) is 18.6. The molecule has 0 unspecified atom stereocenters. The van der Waals surface area contributed by atoms with Gasteiger partial charge in [-0.25, -0.2) is 17.7 Å². The quantitative estimate of drug-likeness (QED) is 0.668. The largest absolute Gasteiger partial charge is 0.339 e. The Morgan fingerprint density at radius 2 is 1.76 bits per heavy atom. The van der Waals surface area contributed by atoms with Crippen molar-refractivity contribution in [3.05, 3.63) is 18.3 Å². The number of amides is 2. The number of nitrogens with zero attached hydrogens (tertiary/aromatic N) is 4. The van der Waals surface area contributed by atoms with Gasteiger partial charge in [0.15, 0.2) is 0 Å². The van der Waals surface area contributed by atoms with Gasteiger partial charge in [0.25, 0.3) is 0 Å². The smallest absolute Gasteiger partial charge is 0.244 e. The average Bonchev–Trinajstić information content (AvgIpc) is 2.60. The van der Waals surface area contributed by atoms with Crippen LogP contribution in [0.15, 0.2) is 28.3 Å². The summed E-state index contributed by atoms with van der Waals surface area (Å²) in [6.07, 6.45) is 1.30. The van der Waals surface area contributed by atoms with Crippen LogP contribution in [0.3, 0.4) is 0 Å². The molecule has 0 bridgehead atoms. The van der Waals surface area contributed by atoms with E-state index in [4.69, 9.17) is 0 Å². The topological polar surface area (TPSA) is 90.9 Å². The molecule has 2 rings (SSSR count). The maximum Gasteiger partial charge on any atom is 0.244 e. The number of hydrogen-bond acceptors (Lipinski definition) is 6. The van der Waals surface area contributed by atoms with Crippen LogP contribution < -0.4 is 0 Å². The number of carbonyl (C=O) groups is 2. The number of pyridine rings is 1. The maximum atomic E-state index is 12.2. The summed E-state index contributed by atoms with van der Waals surface area (Å²) in [4.78, 5) is 31.2. The van der Waals surface area contributed by atoms with E-state index in [2.05, 4.69) is 4.98 Å². The van der Waals surface area contributed by atoms with Crippen molar-refractivity contribution in [1.29, 1.82) is 0 Å². The van der Waals surface area contributed by atoms with E-state index < -0.39 is 10.0 Å². The summed E-state index contributed by atoms with van der Waals surface area (Å²) in [7, 11) is -0.578. The molecule has 2 heterocycles. The number of piperazine rings is 1. The number of carbonyl (C=O) groups excluding carboxylic acids is 2. The lowest BCUT2D eigenvalue weighted by Crippen LogP contribution is -2.50. The van der Waals surface area contributed by atoms with Gasteiger partial charge >= 0.3 is 0 Å². The molecule has 0 atom stereocenters. The molecule has 1 fully saturated rings. The highest BCUT2D eigenvalue weighted by molar-refractivity contribution is 7.99. The third-order valence-electron chi connectivity index (χ3n) is 3.91. The fourth-order valence-corrected chi connectivity index (χ4v) is 3.91. The Kier molecular flexibility index (Phi) is 6.42. The Morgan fingerprint density at radius 1 is 1.16 bits per heavy atom. The highest BCUT2D eigenvalue weighted by Crippen LogP contribution is 2.19. The summed E-state index contributed by atoms with van der Waals surface area (Å²) in [6, 6.07) is 3.09. The van der Waals surface area contributed by atoms with Gasteiger partial charge in [-0.05, 0) is 12.1 Å². The molecule has 0 aliphatic carbocycles. The van der Waals surface area contributed by atoms with Gasteiger partial charge in [0, 0.05) is 53.4 Å². The molecule has 0 radical (unpaired) electrons. The number of aromatic nitrogens is 1. The minimum Gasteiger partial charge on any atom is -0.339 e. The summed E-state index contributed by atoms with van der Waals surface area (Å²) in [5, 5.41) is 0.591. The average molecular weight is 386 g/mol. The Labute approximate surface area is 152 Å². The normalized spacial score (nSPS) is 15.5. The van der Waals surface area contributed by atoms with Crippen molar-refractivity contribution >= 4 is 33.6 Å². The Morgan fingerprint density at radius 3 is 2.24 bits per heavy atom. The lowest BCUT2D eigenvalue weighted by atomic mass is 10.3. The first-order valence-corrected chi connectivity index (χ1v) is 10.2. The van der Waals surface area contributed by atoms with Crippen molar-refractivity contribution in [1.82, 2.24) is 19.1 Å². The van der Waals surface area contributed by atoms with Crippen molar-refractivity contribution in [3.63, 3.8) is 0 Å². The monoisotopic (exact) mass is 386 g/mol. The number of thioether (sulfide) groups is 1.